The van der Waals surface area contributed by atoms with Crippen molar-refractivity contribution in [1.29, 1.82) is 0 Å². The third-order valence-corrected chi connectivity index (χ3v) is 18.7. The van der Waals surface area contributed by atoms with E-state index in [9.17, 15) is 53.1 Å². The minimum Gasteiger partial charge on any atom is -0.458 e. The maximum atomic E-state index is 14.2. The van der Waals surface area contributed by atoms with E-state index in [0.29, 0.717) is 49.7 Å². The number of carbonyl (C=O) groups excluding carboxylic acids is 10. The molecule has 0 saturated heterocycles. The topological polar surface area (TPSA) is 221 Å². The van der Waals surface area contributed by atoms with Gasteiger partial charge in [0, 0.05) is 79.8 Å². The maximum Gasteiger partial charge on any atom is 0.343 e. The Hall–Kier alpha value is -6.12. The zero-order valence-electron chi connectivity index (χ0n) is 45.7. The lowest BCUT2D eigenvalue weighted by molar-refractivity contribution is -0.163. The van der Waals surface area contributed by atoms with E-state index in [1.165, 1.54) is 40.0 Å². The predicted molar refractivity (Wildman–Crippen MR) is 289 cm³/mol. The molecule has 1 aromatic rings. The fourth-order valence-corrected chi connectivity index (χ4v) is 13.9. The summed E-state index contributed by atoms with van der Waals surface area (Å²) in [5.74, 6) is -4.29. The third kappa shape index (κ3) is 11.9. The number of aliphatic hydroxyl groups is 1. The number of cyclic esters (lactones) is 1. The molecule has 1 amide bonds. The second-order valence-electron chi connectivity index (χ2n) is 23.5. The molecule has 1 aliphatic heterocycles. The van der Waals surface area contributed by atoms with Crippen LogP contribution < -0.4 is 5.32 Å². The Morgan fingerprint density at radius 3 is 2.31 bits per heavy atom. The molecule has 0 radical (unpaired) electrons. The van der Waals surface area contributed by atoms with E-state index >= 15 is 0 Å². The van der Waals surface area contributed by atoms with Crippen LogP contribution >= 0.6 is 0 Å². The van der Waals surface area contributed by atoms with Crippen LogP contribution in [0.2, 0.25) is 0 Å². The van der Waals surface area contributed by atoms with Crippen LogP contribution in [0.15, 0.2) is 70.9 Å². The lowest BCUT2D eigenvalue weighted by atomic mass is 9.66. The van der Waals surface area contributed by atoms with Crippen molar-refractivity contribution < 1.29 is 62.5 Å². The Morgan fingerprint density at radius 1 is 0.859 bits per heavy atom. The predicted octanol–water partition coefficient (Wildman–Crippen LogP) is 8.07. The van der Waals surface area contributed by atoms with Gasteiger partial charge in [0.2, 0.25) is 5.91 Å². The molecule has 8 aliphatic rings. The largest absolute Gasteiger partial charge is 0.458 e. The number of ether oxygens (including phenoxy) is 2. The van der Waals surface area contributed by atoms with Crippen LogP contribution in [0, 0.1) is 61.2 Å². The fraction of sp³-hybridized carbons (Fsp3) is 0.562. The first kappa shape index (κ1) is 56.6. The van der Waals surface area contributed by atoms with Gasteiger partial charge in [0.1, 0.15) is 30.1 Å². The highest BCUT2D eigenvalue weighted by Gasteiger charge is 2.53. The second kappa shape index (κ2) is 24.1. The van der Waals surface area contributed by atoms with Crippen molar-refractivity contribution in [3.05, 3.63) is 98.7 Å². The average molecular weight is 1070 g/mol. The molecule has 1 aromatic carbocycles. The lowest BCUT2D eigenvalue weighted by Gasteiger charge is -2.39. The van der Waals surface area contributed by atoms with E-state index in [-0.39, 0.29) is 153 Å². The van der Waals surface area contributed by atoms with Crippen molar-refractivity contribution in [3.63, 3.8) is 0 Å². The van der Waals surface area contributed by atoms with Crippen LogP contribution in [0.3, 0.4) is 0 Å². The molecule has 2 fully saturated rings. The Morgan fingerprint density at radius 2 is 1.59 bits per heavy atom. The molecule has 14 heteroatoms. The molecule has 0 bridgehead atoms. The van der Waals surface area contributed by atoms with Gasteiger partial charge in [0.15, 0.2) is 34.5 Å². The van der Waals surface area contributed by atoms with Crippen molar-refractivity contribution in [1.82, 2.24) is 5.32 Å². The van der Waals surface area contributed by atoms with Crippen molar-refractivity contribution in [2.75, 3.05) is 19.8 Å². The molecule has 9 rings (SSSR count). The van der Waals surface area contributed by atoms with E-state index in [4.69, 9.17) is 9.47 Å². The number of hydrogen-bond acceptors (Lipinski definition) is 13. The van der Waals surface area contributed by atoms with Gasteiger partial charge in [-0.15, -0.1) is 0 Å². The summed E-state index contributed by atoms with van der Waals surface area (Å²) in [6.45, 7) is 7.32. The van der Waals surface area contributed by atoms with Gasteiger partial charge in [-0.3, -0.25) is 43.2 Å². The van der Waals surface area contributed by atoms with Gasteiger partial charge in [0.25, 0.3) is 0 Å². The third-order valence-electron chi connectivity index (χ3n) is 18.7. The van der Waals surface area contributed by atoms with Gasteiger partial charge in [-0.05, 0) is 161 Å². The quantitative estimate of drug-likeness (QED) is 0.0740. The monoisotopic (exact) mass is 1070 g/mol. The first-order valence-corrected chi connectivity index (χ1v) is 28.7. The Balaban J connectivity index is 0.744. The van der Waals surface area contributed by atoms with Crippen LogP contribution in [0.4, 0.5) is 0 Å². The molecule has 1 heterocycles. The minimum atomic E-state index is -1.89. The van der Waals surface area contributed by atoms with Gasteiger partial charge in [-0.25, -0.2) is 4.79 Å². The van der Waals surface area contributed by atoms with Crippen molar-refractivity contribution in [2.24, 2.45) is 47.3 Å². The molecular weight excluding hydrogens is 991 g/mol. The standard InChI is InChI=1S/C64H75NO13/c1-5-64(76)54-32-49-48-29-43-25-35(2)36(3)47-19-15-41(59(60(43)47)50(48)31-51(49)61(73)53(54)34-78-63(64)75)30-58(72)37(4)77-24-23-44(66)18-20-55(69)42(26-38-9-7-6-8-10-38)28-45(67)16-17-46(68)33-65-62(74)40-13-11-39(12-14-40)27-52-56(70)21-22-57(52)71/h6-9,21-22,25,32,37-42,48,51-52,76H,5,10-20,23-24,26-31,33-34H2,1-4H3,(H,65,74)/t37?,38?,39?,40?,41?,42?,48?,51?,64-/m1/s1. The van der Waals surface area contributed by atoms with E-state index in [1.54, 1.807) is 13.8 Å². The molecule has 7 aliphatic carbocycles. The summed E-state index contributed by atoms with van der Waals surface area (Å²) >= 11 is 0. The number of aryl methyl sites for hydroxylation is 1. The normalized spacial score (nSPS) is 26.9. The fourth-order valence-electron chi connectivity index (χ4n) is 13.9. The van der Waals surface area contributed by atoms with Crippen molar-refractivity contribution >= 4 is 63.7 Å². The summed E-state index contributed by atoms with van der Waals surface area (Å²) in [6, 6.07) is 2.24. The van der Waals surface area contributed by atoms with Crippen LogP contribution in [-0.4, -0.2) is 94.7 Å². The van der Waals surface area contributed by atoms with Crippen LogP contribution in [0.1, 0.15) is 151 Å². The van der Waals surface area contributed by atoms with E-state index in [0.717, 1.165) is 48.8 Å². The zero-order valence-corrected chi connectivity index (χ0v) is 45.7. The molecule has 2 saturated carbocycles. The summed E-state index contributed by atoms with van der Waals surface area (Å²) in [4.78, 5) is 131. The average Bonchev–Trinajstić information content (AvgIpc) is 3.97. The van der Waals surface area contributed by atoms with Gasteiger partial charge < -0.3 is 19.9 Å². The van der Waals surface area contributed by atoms with E-state index in [2.05, 4.69) is 25.2 Å². The molecule has 2 N–H and O–H groups in total. The van der Waals surface area contributed by atoms with Crippen LogP contribution in [-0.2, 0) is 70.3 Å². The number of amides is 1. The first-order chi connectivity index (χ1) is 37.3. The van der Waals surface area contributed by atoms with E-state index < -0.39 is 35.4 Å². The lowest BCUT2D eigenvalue weighted by Crippen LogP contribution is -2.48. The number of nitrogens with one attached hydrogen (secondary N) is 1. The minimum absolute atomic E-state index is 0.000444. The summed E-state index contributed by atoms with van der Waals surface area (Å²) in [7, 11) is 0. The summed E-state index contributed by atoms with van der Waals surface area (Å²) in [5.41, 5.74) is 8.13. The van der Waals surface area contributed by atoms with Gasteiger partial charge >= 0.3 is 5.97 Å². The first-order valence-electron chi connectivity index (χ1n) is 28.7. The summed E-state index contributed by atoms with van der Waals surface area (Å²) in [5, 5.41) is 14.2. The van der Waals surface area contributed by atoms with Crippen molar-refractivity contribution in [3.8, 4) is 0 Å². The number of carbonyl (C=O) groups is 10. The number of hydrogen-bond donors (Lipinski definition) is 2. The molecule has 14 nitrogen and oxygen atoms in total. The van der Waals surface area contributed by atoms with Crippen LogP contribution in [0.5, 0.6) is 0 Å². The van der Waals surface area contributed by atoms with Crippen LogP contribution in [0.25, 0.3) is 5.57 Å². The van der Waals surface area contributed by atoms with Gasteiger partial charge in [-0.1, -0.05) is 54.5 Å². The molecule has 0 spiro atoms. The molecule has 78 heavy (non-hydrogen) atoms. The van der Waals surface area contributed by atoms with Gasteiger partial charge in [-0.2, -0.15) is 0 Å². The SMILES string of the molecule is CC[C@]1(O)C(=O)OCC2=C1C=C1C(CC3=C4c5c(cc(C)c(C)c5CCC4CC(=O)C(C)OCCC(=O)CCC(=O)C(CC(=O)CCC(=O)CNC(=O)C4CCC(CC5C(=O)C=CC5=O)CC4)CC4C=CC=CC4)CC13)C2=O. The smallest absolute Gasteiger partial charge is 0.343 e. The number of ketones is 8. The highest BCUT2D eigenvalue weighted by molar-refractivity contribution is 6.18. The second-order valence-corrected chi connectivity index (χ2v) is 23.5. The van der Waals surface area contributed by atoms with Gasteiger partial charge in [0.05, 0.1) is 19.1 Å². The highest BCUT2D eigenvalue weighted by atomic mass is 16.6. The number of rotatable bonds is 24. The molecule has 7 atom stereocenters. The number of allylic oxidation sites excluding steroid dienone is 9. The summed E-state index contributed by atoms with van der Waals surface area (Å²) < 4.78 is 11.4. The Bertz CT molecular complexity index is 2880. The Labute approximate surface area is 457 Å². The summed E-state index contributed by atoms with van der Waals surface area (Å²) in [6.07, 6.45) is 18.8. The number of fused-ring (bicyclic) bond motifs is 3. The number of Topliss-reactive ketones (excluding diaryl/α,β-unsaturated/α-hetero) is 6. The number of benzene rings is 1. The molecular formula is C64H75NO13. The molecule has 0 aromatic heterocycles. The van der Waals surface area contributed by atoms with Crippen molar-refractivity contribution in [2.45, 2.75) is 161 Å². The maximum absolute atomic E-state index is 14.2. The Kier molecular flexibility index (Phi) is 17.5. The highest BCUT2D eigenvalue weighted by Crippen LogP contribution is 2.58. The number of esters is 1. The zero-order chi connectivity index (χ0) is 55.6. The van der Waals surface area contributed by atoms with E-state index in [1.807, 2.05) is 30.4 Å². The molecule has 6 unspecified atom stereocenters. The molecule has 414 valence electrons.